The van der Waals surface area contributed by atoms with Crippen molar-refractivity contribution >= 4 is 33.2 Å². The van der Waals surface area contributed by atoms with E-state index in [4.69, 9.17) is 4.74 Å². The predicted octanol–water partition coefficient (Wildman–Crippen LogP) is 2.74. The number of nitrogens with zero attached hydrogens (tertiary/aromatic N) is 3. The van der Waals surface area contributed by atoms with Gasteiger partial charge >= 0.3 is 0 Å². The minimum absolute atomic E-state index is 0.0437. The van der Waals surface area contributed by atoms with E-state index in [1.165, 1.54) is 24.1 Å². The molecular formula is C25H34N4O7S. The first-order valence-corrected chi connectivity index (χ1v) is 13.7. The van der Waals surface area contributed by atoms with Crippen LogP contribution in [0.15, 0.2) is 48.5 Å². The fourth-order valence-electron chi connectivity index (χ4n) is 3.62. The monoisotopic (exact) mass is 534 g/mol. The first-order valence-electron chi connectivity index (χ1n) is 11.8. The third-order valence-corrected chi connectivity index (χ3v) is 7.10. The maximum absolute atomic E-state index is 13.6. The molecular weight excluding hydrogens is 500 g/mol. The average Bonchev–Trinajstić information content (AvgIpc) is 2.86. The highest BCUT2D eigenvalue weighted by Gasteiger charge is 2.32. The Kier molecular flexibility index (Phi) is 10.4. The zero-order valence-corrected chi connectivity index (χ0v) is 22.5. The maximum atomic E-state index is 13.6. The Labute approximate surface area is 217 Å². The number of rotatable bonds is 13. The van der Waals surface area contributed by atoms with Gasteiger partial charge in [0.15, 0.2) is 0 Å². The summed E-state index contributed by atoms with van der Waals surface area (Å²) in [5.41, 5.74) is 0.432. The number of hydrogen-bond donors (Lipinski definition) is 1. The van der Waals surface area contributed by atoms with E-state index >= 15 is 0 Å². The van der Waals surface area contributed by atoms with E-state index in [9.17, 15) is 28.1 Å². The van der Waals surface area contributed by atoms with Crippen LogP contribution in [0.5, 0.6) is 5.75 Å². The van der Waals surface area contributed by atoms with E-state index in [1.807, 2.05) is 44.2 Å². The van der Waals surface area contributed by atoms with E-state index in [0.717, 1.165) is 22.2 Å². The SMILES string of the molecule is CC[C@H](C)NC(=O)[C@H](C)N(CCc1ccccc1)C(=O)CN(c1cc([N+](=O)[O-])ccc1OC)S(C)(=O)=O. The number of sulfonamides is 1. The van der Waals surface area contributed by atoms with Gasteiger partial charge in [0.2, 0.25) is 21.8 Å². The molecule has 0 aliphatic rings. The molecule has 0 spiro atoms. The number of nitro benzene ring substituents is 1. The minimum Gasteiger partial charge on any atom is -0.495 e. The topological polar surface area (TPSA) is 139 Å². The van der Waals surface area contributed by atoms with Crippen LogP contribution in [0.25, 0.3) is 0 Å². The Morgan fingerprint density at radius 1 is 1.14 bits per heavy atom. The zero-order chi connectivity index (χ0) is 27.8. The molecule has 2 amide bonds. The third-order valence-electron chi connectivity index (χ3n) is 5.97. The van der Waals surface area contributed by atoms with Crippen molar-refractivity contribution in [1.82, 2.24) is 10.2 Å². The van der Waals surface area contributed by atoms with Crippen LogP contribution in [0.3, 0.4) is 0 Å². The molecule has 37 heavy (non-hydrogen) atoms. The molecule has 0 radical (unpaired) electrons. The summed E-state index contributed by atoms with van der Waals surface area (Å²) < 4.78 is 31.5. The molecule has 0 saturated carbocycles. The number of benzene rings is 2. The Bertz CT molecular complexity index is 1200. The summed E-state index contributed by atoms with van der Waals surface area (Å²) in [6.07, 6.45) is 2.03. The molecule has 0 heterocycles. The second kappa shape index (κ2) is 13.0. The fourth-order valence-corrected chi connectivity index (χ4v) is 4.46. The molecule has 1 N–H and O–H groups in total. The summed E-state index contributed by atoms with van der Waals surface area (Å²) in [5.74, 6) is -0.960. The van der Waals surface area contributed by atoms with Crippen LogP contribution in [-0.4, -0.2) is 68.6 Å². The van der Waals surface area contributed by atoms with E-state index in [2.05, 4.69) is 5.32 Å². The molecule has 0 saturated heterocycles. The van der Waals surface area contributed by atoms with Gasteiger partial charge in [-0.3, -0.25) is 24.0 Å². The third kappa shape index (κ3) is 8.17. The quantitative estimate of drug-likeness (QED) is 0.308. The van der Waals surface area contributed by atoms with Crippen molar-refractivity contribution < 1.29 is 27.7 Å². The molecule has 0 bridgehead atoms. The average molecular weight is 535 g/mol. The zero-order valence-electron chi connectivity index (χ0n) is 21.7. The molecule has 11 nitrogen and oxygen atoms in total. The van der Waals surface area contributed by atoms with Crippen LogP contribution in [0.1, 0.15) is 32.8 Å². The van der Waals surface area contributed by atoms with E-state index in [0.29, 0.717) is 12.8 Å². The van der Waals surface area contributed by atoms with Gasteiger partial charge in [-0.2, -0.15) is 0 Å². The minimum atomic E-state index is -4.07. The van der Waals surface area contributed by atoms with Crippen molar-refractivity contribution in [3.05, 3.63) is 64.2 Å². The van der Waals surface area contributed by atoms with Crippen LogP contribution in [-0.2, 0) is 26.0 Å². The number of methoxy groups -OCH3 is 1. The first-order chi connectivity index (χ1) is 17.4. The molecule has 0 aliphatic heterocycles. The van der Waals surface area contributed by atoms with Gasteiger partial charge in [-0.05, 0) is 38.3 Å². The van der Waals surface area contributed by atoms with Gasteiger partial charge in [-0.25, -0.2) is 8.42 Å². The number of nitrogens with one attached hydrogen (secondary N) is 1. The molecule has 2 atom stereocenters. The maximum Gasteiger partial charge on any atom is 0.271 e. The molecule has 0 aromatic heterocycles. The van der Waals surface area contributed by atoms with Crippen molar-refractivity contribution in [2.75, 3.05) is 30.8 Å². The van der Waals surface area contributed by atoms with Gasteiger partial charge in [-0.1, -0.05) is 37.3 Å². The molecule has 2 rings (SSSR count). The van der Waals surface area contributed by atoms with Crippen LogP contribution < -0.4 is 14.4 Å². The van der Waals surface area contributed by atoms with Gasteiger partial charge < -0.3 is 15.0 Å². The molecule has 0 unspecified atom stereocenters. The molecule has 2 aromatic carbocycles. The van der Waals surface area contributed by atoms with E-state index in [1.54, 1.807) is 6.92 Å². The number of ether oxygens (including phenoxy) is 1. The molecule has 0 aliphatic carbocycles. The van der Waals surface area contributed by atoms with Crippen LogP contribution in [0, 0.1) is 10.1 Å². The Balaban J connectivity index is 2.44. The molecule has 12 heteroatoms. The van der Waals surface area contributed by atoms with Gasteiger partial charge in [-0.15, -0.1) is 0 Å². The van der Waals surface area contributed by atoms with E-state index in [-0.39, 0.29) is 35.6 Å². The second-order valence-corrected chi connectivity index (χ2v) is 10.6. The van der Waals surface area contributed by atoms with Crippen molar-refractivity contribution in [1.29, 1.82) is 0 Å². The van der Waals surface area contributed by atoms with Gasteiger partial charge in [0, 0.05) is 24.7 Å². The number of anilines is 1. The van der Waals surface area contributed by atoms with Gasteiger partial charge in [0.1, 0.15) is 24.0 Å². The Morgan fingerprint density at radius 2 is 1.78 bits per heavy atom. The number of non-ortho nitro benzene ring substituents is 1. The summed E-state index contributed by atoms with van der Waals surface area (Å²) >= 11 is 0. The van der Waals surface area contributed by atoms with Crippen molar-refractivity contribution in [2.45, 2.75) is 45.7 Å². The lowest BCUT2D eigenvalue weighted by Crippen LogP contribution is -2.53. The van der Waals surface area contributed by atoms with Crippen molar-refractivity contribution in [3.63, 3.8) is 0 Å². The van der Waals surface area contributed by atoms with Crippen LogP contribution in [0.2, 0.25) is 0 Å². The summed E-state index contributed by atoms with van der Waals surface area (Å²) in [6, 6.07) is 11.9. The number of carbonyl (C=O) groups excluding carboxylic acids is 2. The van der Waals surface area contributed by atoms with E-state index < -0.39 is 33.4 Å². The summed E-state index contributed by atoms with van der Waals surface area (Å²) in [5, 5.41) is 14.2. The summed E-state index contributed by atoms with van der Waals surface area (Å²) in [6.45, 7) is 4.83. The highest BCUT2D eigenvalue weighted by atomic mass is 32.2. The standard InChI is InChI=1S/C25H34N4O7S/c1-6-18(2)26-25(31)19(3)27(15-14-20-10-8-7-9-11-20)24(30)17-28(37(5,34)35)22-16-21(29(32)33)12-13-23(22)36-4/h7-13,16,18-19H,6,14-15,17H2,1-5H3,(H,26,31)/t18-,19-/m0/s1. The van der Waals surface area contributed by atoms with Gasteiger partial charge in [0.25, 0.3) is 5.69 Å². The first kappa shape index (κ1) is 29.6. The fraction of sp³-hybridized carbons (Fsp3) is 0.440. The number of nitro groups is 1. The molecule has 0 fully saturated rings. The number of carbonyl (C=O) groups is 2. The van der Waals surface area contributed by atoms with Crippen molar-refractivity contribution in [3.8, 4) is 5.75 Å². The Morgan fingerprint density at radius 3 is 2.32 bits per heavy atom. The predicted molar refractivity (Wildman–Crippen MR) is 141 cm³/mol. The lowest BCUT2D eigenvalue weighted by Gasteiger charge is -2.32. The highest BCUT2D eigenvalue weighted by molar-refractivity contribution is 7.92. The molecule has 202 valence electrons. The van der Waals surface area contributed by atoms with Crippen molar-refractivity contribution in [2.24, 2.45) is 0 Å². The van der Waals surface area contributed by atoms with Crippen LogP contribution >= 0.6 is 0 Å². The smallest absolute Gasteiger partial charge is 0.271 e. The number of hydrogen-bond acceptors (Lipinski definition) is 7. The largest absolute Gasteiger partial charge is 0.495 e. The molecule has 2 aromatic rings. The lowest BCUT2D eigenvalue weighted by molar-refractivity contribution is -0.384. The Hall–Kier alpha value is -3.67. The summed E-state index contributed by atoms with van der Waals surface area (Å²) in [4.78, 5) is 38.5. The van der Waals surface area contributed by atoms with Gasteiger partial charge in [0.05, 0.1) is 18.3 Å². The normalized spacial score (nSPS) is 12.8. The highest BCUT2D eigenvalue weighted by Crippen LogP contribution is 2.33. The number of amides is 2. The second-order valence-electron chi connectivity index (χ2n) is 8.70. The lowest BCUT2D eigenvalue weighted by atomic mass is 10.1. The van der Waals surface area contributed by atoms with Crippen LogP contribution in [0.4, 0.5) is 11.4 Å². The summed E-state index contributed by atoms with van der Waals surface area (Å²) in [7, 11) is -2.78.